The Morgan fingerprint density at radius 2 is 1.72 bits per heavy atom. The number of aryl methyl sites for hydroxylation is 1. The summed E-state index contributed by atoms with van der Waals surface area (Å²) < 4.78 is 0. The zero-order chi connectivity index (χ0) is 28.2. The van der Waals surface area contributed by atoms with Crippen molar-refractivity contribution in [2.24, 2.45) is 11.8 Å². The summed E-state index contributed by atoms with van der Waals surface area (Å²) in [6.07, 6.45) is 12.2. The van der Waals surface area contributed by atoms with Crippen molar-refractivity contribution in [1.29, 1.82) is 0 Å². The smallest absolute Gasteiger partial charge is 0.161 e. The molecular formula is C37H50O2. The minimum absolute atomic E-state index is 0.0668. The fourth-order valence-corrected chi connectivity index (χ4v) is 6.98. The Kier molecular flexibility index (Phi) is 9.68. The van der Waals surface area contributed by atoms with E-state index in [2.05, 4.69) is 70.2 Å². The third kappa shape index (κ3) is 7.00. The van der Waals surface area contributed by atoms with Gasteiger partial charge in [-0.2, -0.15) is 0 Å². The molecule has 0 aromatic heterocycles. The molecule has 2 aromatic rings. The van der Waals surface area contributed by atoms with Gasteiger partial charge in [0.1, 0.15) is 5.78 Å². The van der Waals surface area contributed by atoms with Gasteiger partial charge in [0, 0.05) is 24.2 Å². The Balaban J connectivity index is 1.33. The molecular weight excluding hydrogens is 476 g/mol. The van der Waals surface area contributed by atoms with Crippen LogP contribution in [-0.4, -0.2) is 11.6 Å². The van der Waals surface area contributed by atoms with Crippen molar-refractivity contribution >= 4 is 11.6 Å². The number of carbonyl (C=O) groups excluding carboxylic acids is 2. The first-order valence-electron chi connectivity index (χ1n) is 15.5. The van der Waals surface area contributed by atoms with E-state index in [1.54, 1.807) is 0 Å². The summed E-state index contributed by atoms with van der Waals surface area (Å²) in [7, 11) is 0. The van der Waals surface area contributed by atoms with E-state index >= 15 is 0 Å². The van der Waals surface area contributed by atoms with Gasteiger partial charge in [0.2, 0.25) is 0 Å². The fraction of sp³-hybridized carbons (Fsp3) is 0.568. The molecule has 1 fully saturated rings. The lowest BCUT2D eigenvalue weighted by Crippen LogP contribution is -2.15. The maximum Gasteiger partial charge on any atom is 0.161 e. The molecule has 4 rings (SSSR count). The number of hydrogen-bond acceptors (Lipinski definition) is 2. The summed E-state index contributed by atoms with van der Waals surface area (Å²) in [6, 6.07) is 16.2. The van der Waals surface area contributed by atoms with E-state index < -0.39 is 0 Å². The van der Waals surface area contributed by atoms with Gasteiger partial charge in [-0.25, -0.2) is 0 Å². The summed E-state index contributed by atoms with van der Waals surface area (Å²) in [5.41, 5.74) is 8.00. The molecule has 2 aliphatic rings. The van der Waals surface area contributed by atoms with E-state index in [0.717, 1.165) is 69.8 Å². The normalized spacial score (nSPS) is 22.3. The SMILES string of the molecule is CC=C(C)C(=O)C(CCC)CCCCC1CC(=O)C(c2ccc3c(c2)CCC3c2ccc(C(C)(C)C)cc2)C1. The van der Waals surface area contributed by atoms with Crippen LogP contribution in [0.15, 0.2) is 54.1 Å². The predicted octanol–water partition coefficient (Wildman–Crippen LogP) is 9.64. The molecule has 0 radical (unpaired) electrons. The second-order valence-electron chi connectivity index (χ2n) is 13.4. The van der Waals surface area contributed by atoms with Crippen molar-refractivity contribution in [2.75, 3.05) is 0 Å². The number of rotatable bonds is 11. The predicted molar refractivity (Wildman–Crippen MR) is 164 cm³/mol. The van der Waals surface area contributed by atoms with Crippen molar-refractivity contribution in [3.8, 4) is 0 Å². The number of allylic oxidation sites excluding steroid dienone is 2. The largest absolute Gasteiger partial charge is 0.299 e. The molecule has 1 saturated carbocycles. The van der Waals surface area contributed by atoms with Crippen LogP contribution in [-0.2, 0) is 21.4 Å². The average molecular weight is 527 g/mol. The number of carbonyl (C=O) groups is 2. The van der Waals surface area contributed by atoms with Crippen LogP contribution < -0.4 is 0 Å². The van der Waals surface area contributed by atoms with Crippen LogP contribution >= 0.6 is 0 Å². The quantitative estimate of drug-likeness (QED) is 0.216. The molecule has 0 spiro atoms. The van der Waals surface area contributed by atoms with Gasteiger partial charge in [0.15, 0.2) is 5.78 Å². The molecule has 2 nitrogen and oxygen atoms in total. The minimum atomic E-state index is 0.0668. The summed E-state index contributed by atoms with van der Waals surface area (Å²) in [5.74, 6) is 1.94. The van der Waals surface area contributed by atoms with Crippen molar-refractivity contribution in [3.63, 3.8) is 0 Å². The molecule has 0 aliphatic heterocycles. The van der Waals surface area contributed by atoms with Crippen molar-refractivity contribution in [3.05, 3.63) is 81.9 Å². The monoisotopic (exact) mass is 526 g/mol. The number of hydrogen-bond donors (Lipinski definition) is 0. The number of ketones is 2. The number of unbranched alkanes of at least 4 members (excludes halogenated alkanes) is 1. The summed E-state index contributed by atoms with van der Waals surface area (Å²) in [6.45, 7) is 12.9. The van der Waals surface area contributed by atoms with Crippen molar-refractivity contribution in [2.45, 2.75) is 123 Å². The van der Waals surface area contributed by atoms with Crippen LogP contribution in [0.4, 0.5) is 0 Å². The Morgan fingerprint density at radius 1 is 1.00 bits per heavy atom. The lowest BCUT2D eigenvalue weighted by atomic mass is 9.84. The fourth-order valence-electron chi connectivity index (χ4n) is 6.98. The van der Waals surface area contributed by atoms with Crippen LogP contribution in [0.1, 0.15) is 139 Å². The van der Waals surface area contributed by atoms with E-state index in [9.17, 15) is 9.59 Å². The molecule has 2 aromatic carbocycles. The third-order valence-electron chi connectivity index (χ3n) is 9.52. The molecule has 2 aliphatic carbocycles. The van der Waals surface area contributed by atoms with E-state index in [4.69, 9.17) is 0 Å². The molecule has 0 bridgehead atoms. The van der Waals surface area contributed by atoms with Gasteiger partial charge in [-0.15, -0.1) is 0 Å². The second-order valence-corrected chi connectivity index (χ2v) is 13.4. The third-order valence-corrected chi connectivity index (χ3v) is 9.52. The van der Waals surface area contributed by atoms with Crippen molar-refractivity contribution < 1.29 is 9.59 Å². The van der Waals surface area contributed by atoms with Gasteiger partial charge in [-0.1, -0.05) is 95.5 Å². The van der Waals surface area contributed by atoms with Gasteiger partial charge in [0.25, 0.3) is 0 Å². The Morgan fingerprint density at radius 3 is 2.38 bits per heavy atom. The average Bonchev–Trinajstić information content (AvgIpc) is 3.51. The highest BCUT2D eigenvalue weighted by Crippen LogP contribution is 2.43. The summed E-state index contributed by atoms with van der Waals surface area (Å²) in [5, 5.41) is 0. The Labute approximate surface area is 237 Å². The van der Waals surface area contributed by atoms with Gasteiger partial charge in [-0.3, -0.25) is 9.59 Å². The topological polar surface area (TPSA) is 34.1 Å². The van der Waals surface area contributed by atoms with E-state index in [1.807, 2.05) is 19.9 Å². The van der Waals surface area contributed by atoms with Crippen LogP contribution in [0.25, 0.3) is 0 Å². The summed E-state index contributed by atoms with van der Waals surface area (Å²) >= 11 is 0. The van der Waals surface area contributed by atoms with E-state index in [1.165, 1.54) is 27.8 Å². The Bertz CT molecular complexity index is 1180. The number of benzene rings is 2. The lowest BCUT2D eigenvalue weighted by molar-refractivity contribution is -0.120. The molecule has 4 atom stereocenters. The zero-order valence-corrected chi connectivity index (χ0v) is 25.3. The molecule has 0 N–H and O–H groups in total. The molecule has 0 amide bonds. The molecule has 0 heterocycles. The van der Waals surface area contributed by atoms with E-state index in [-0.39, 0.29) is 17.3 Å². The molecule has 4 unspecified atom stereocenters. The number of Topliss-reactive ketones (excluding diaryl/α,β-unsaturated/α-hetero) is 2. The highest BCUT2D eigenvalue weighted by molar-refractivity contribution is 5.96. The van der Waals surface area contributed by atoms with Crippen molar-refractivity contribution in [1.82, 2.24) is 0 Å². The maximum absolute atomic E-state index is 13.1. The van der Waals surface area contributed by atoms with Gasteiger partial charge in [-0.05, 0) is 97.1 Å². The van der Waals surface area contributed by atoms with Crippen LogP contribution in [0.5, 0.6) is 0 Å². The molecule has 210 valence electrons. The standard InChI is InChI=1S/C37H50O2/c1-7-11-28(36(39)25(3)8-2)13-10-9-12-26-22-34(35(38)23-26)30-17-21-33-29(24-30)16-20-32(33)27-14-18-31(19-15-27)37(4,5)6/h8,14-15,17-19,21,24,26,28,32,34H,7,9-13,16,20,22-23H2,1-6H3. The molecule has 0 saturated heterocycles. The first-order valence-corrected chi connectivity index (χ1v) is 15.5. The first-order chi connectivity index (χ1) is 18.6. The van der Waals surface area contributed by atoms with Gasteiger partial charge < -0.3 is 0 Å². The highest BCUT2D eigenvalue weighted by atomic mass is 16.1. The zero-order valence-electron chi connectivity index (χ0n) is 25.3. The van der Waals surface area contributed by atoms with Crippen LogP contribution in [0.2, 0.25) is 0 Å². The van der Waals surface area contributed by atoms with Gasteiger partial charge in [0.05, 0.1) is 0 Å². The summed E-state index contributed by atoms with van der Waals surface area (Å²) in [4.78, 5) is 25.7. The minimum Gasteiger partial charge on any atom is -0.299 e. The Hall–Kier alpha value is -2.48. The maximum atomic E-state index is 13.1. The van der Waals surface area contributed by atoms with Gasteiger partial charge >= 0.3 is 0 Å². The lowest BCUT2D eigenvalue weighted by Gasteiger charge is -2.20. The molecule has 2 heteroatoms. The molecule has 39 heavy (non-hydrogen) atoms. The van der Waals surface area contributed by atoms with Crippen LogP contribution in [0, 0.1) is 11.8 Å². The first kappa shape index (κ1) is 29.5. The highest BCUT2D eigenvalue weighted by Gasteiger charge is 2.34. The van der Waals surface area contributed by atoms with E-state index in [0.29, 0.717) is 23.4 Å². The number of fused-ring (bicyclic) bond motifs is 1. The van der Waals surface area contributed by atoms with Crippen LogP contribution in [0.3, 0.4) is 0 Å². The second kappa shape index (κ2) is 12.8.